The summed E-state index contributed by atoms with van der Waals surface area (Å²) in [6, 6.07) is 3.96. The van der Waals surface area contributed by atoms with Crippen molar-refractivity contribution < 1.29 is 13.9 Å². The van der Waals surface area contributed by atoms with Gasteiger partial charge in [0.15, 0.2) is 0 Å². The summed E-state index contributed by atoms with van der Waals surface area (Å²) in [6.45, 7) is 5.26. The lowest BCUT2D eigenvalue weighted by molar-refractivity contribution is -0.130. The Morgan fingerprint density at radius 3 is 2.96 bits per heavy atom. The third-order valence-electron chi connectivity index (χ3n) is 5.29. The molecule has 0 aliphatic carbocycles. The topological polar surface area (TPSA) is 55.6 Å². The largest absolute Gasteiger partial charge is 0.440 e. The molecule has 2 aliphatic heterocycles. The molecule has 0 N–H and O–H groups in total. The van der Waals surface area contributed by atoms with Crippen LogP contribution in [0.15, 0.2) is 21.9 Å². The number of rotatable bonds is 3. The highest BCUT2D eigenvalue weighted by Gasteiger charge is 2.40. The van der Waals surface area contributed by atoms with Crippen molar-refractivity contribution >= 4 is 17.2 Å². The number of carbonyl (C=O) groups is 1. The Morgan fingerprint density at radius 1 is 1.38 bits per heavy atom. The van der Waals surface area contributed by atoms with Gasteiger partial charge >= 0.3 is 0 Å². The second kappa shape index (κ2) is 6.33. The van der Waals surface area contributed by atoms with E-state index in [1.54, 1.807) is 11.3 Å². The van der Waals surface area contributed by atoms with Crippen molar-refractivity contribution in [2.45, 2.75) is 32.6 Å². The van der Waals surface area contributed by atoms with E-state index in [9.17, 15) is 4.79 Å². The Balaban J connectivity index is 1.43. The number of oxazole rings is 1. The Labute approximate surface area is 145 Å². The maximum atomic E-state index is 12.7. The normalized spacial score (nSPS) is 20.0. The molecule has 2 saturated heterocycles. The number of nitrogens with zero attached hydrogens (tertiary/aromatic N) is 2. The molecule has 2 aliphatic rings. The summed E-state index contributed by atoms with van der Waals surface area (Å²) < 4.78 is 11.2. The van der Waals surface area contributed by atoms with Crippen LogP contribution in [-0.4, -0.2) is 42.1 Å². The van der Waals surface area contributed by atoms with Gasteiger partial charge in [-0.15, -0.1) is 11.3 Å². The molecule has 6 heteroatoms. The van der Waals surface area contributed by atoms with Gasteiger partial charge in [0.25, 0.3) is 0 Å². The highest BCUT2D eigenvalue weighted by molar-refractivity contribution is 7.13. The summed E-state index contributed by atoms with van der Waals surface area (Å²) in [6.07, 6.45) is 3.57. The predicted octanol–water partition coefficient (Wildman–Crippen LogP) is 3.28. The minimum Gasteiger partial charge on any atom is -0.440 e. The molecule has 5 nitrogen and oxygen atoms in total. The van der Waals surface area contributed by atoms with Crippen LogP contribution in [-0.2, 0) is 16.0 Å². The summed E-state index contributed by atoms with van der Waals surface area (Å²) >= 11 is 1.59. The molecule has 2 aromatic rings. The molecule has 2 aromatic heterocycles. The fraction of sp³-hybridized carbons (Fsp3) is 0.556. The third-order valence-corrected chi connectivity index (χ3v) is 6.15. The fourth-order valence-corrected chi connectivity index (χ4v) is 4.36. The zero-order chi connectivity index (χ0) is 16.6. The molecular weight excluding hydrogens is 324 g/mol. The van der Waals surface area contributed by atoms with E-state index >= 15 is 0 Å². The number of ether oxygens (including phenoxy) is 1. The van der Waals surface area contributed by atoms with Crippen molar-refractivity contribution in [3.8, 4) is 10.8 Å². The van der Waals surface area contributed by atoms with Gasteiger partial charge in [0, 0.05) is 26.3 Å². The van der Waals surface area contributed by atoms with Crippen LogP contribution in [0.5, 0.6) is 0 Å². The van der Waals surface area contributed by atoms with E-state index in [-0.39, 0.29) is 11.3 Å². The second-order valence-electron chi connectivity index (χ2n) is 6.85. The molecule has 1 amide bonds. The third kappa shape index (κ3) is 3.00. The van der Waals surface area contributed by atoms with E-state index < -0.39 is 0 Å². The number of hydrogen-bond donors (Lipinski definition) is 0. The first-order chi connectivity index (χ1) is 11.7. The molecule has 0 radical (unpaired) electrons. The SMILES string of the molecule is Cc1oc(-c2cccs2)nc1CC(=O)N1CCC2(CCOCC2)C1. The van der Waals surface area contributed by atoms with Gasteiger partial charge in [-0.1, -0.05) is 6.07 Å². The van der Waals surface area contributed by atoms with E-state index in [0.717, 1.165) is 61.9 Å². The van der Waals surface area contributed by atoms with Gasteiger partial charge < -0.3 is 14.1 Å². The van der Waals surface area contributed by atoms with Crippen molar-refractivity contribution in [1.29, 1.82) is 0 Å². The van der Waals surface area contributed by atoms with E-state index in [0.29, 0.717) is 12.3 Å². The molecule has 24 heavy (non-hydrogen) atoms. The Bertz CT molecular complexity index is 717. The summed E-state index contributed by atoms with van der Waals surface area (Å²) in [7, 11) is 0. The number of aryl methyl sites for hydroxylation is 1. The number of hydrogen-bond acceptors (Lipinski definition) is 5. The second-order valence-corrected chi connectivity index (χ2v) is 7.80. The maximum absolute atomic E-state index is 12.7. The van der Waals surface area contributed by atoms with Gasteiger partial charge in [0.05, 0.1) is 17.0 Å². The van der Waals surface area contributed by atoms with Crippen LogP contribution >= 0.6 is 11.3 Å². The first kappa shape index (κ1) is 15.8. The van der Waals surface area contributed by atoms with Gasteiger partial charge in [-0.05, 0) is 43.0 Å². The first-order valence-corrected chi connectivity index (χ1v) is 9.39. The monoisotopic (exact) mass is 346 g/mol. The molecule has 1 spiro atoms. The van der Waals surface area contributed by atoms with Crippen molar-refractivity contribution in [3.63, 3.8) is 0 Å². The van der Waals surface area contributed by atoms with E-state index in [2.05, 4.69) is 4.98 Å². The smallest absolute Gasteiger partial charge is 0.236 e. The highest BCUT2D eigenvalue weighted by Crippen LogP contribution is 2.39. The van der Waals surface area contributed by atoms with Crippen molar-refractivity contribution in [2.24, 2.45) is 5.41 Å². The number of amides is 1. The molecule has 128 valence electrons. The molecule has 4 rings (SSSR count). The Kier molecular flexibility index (Phi) is 4.18. The average molecular weight is 346 g/mol. The molecule has 0 bridgehead atoms. The highest BCUT2D eigenvalue weighted by atomic mass is 32.1. The minimum atomic E-state index is 0.160. The molecule has 0 aromatic carbocycles. The number of likely N-dealkylation sites (tertiary alicyclic amines) is 1. The summed E-state index contributed by atoms with van der Waals surface area (Å²) in [5.41, 5.74) is 1.05. The molecule has 4 heterocycles. The maximum Gasteiger partial charge on any atom is 0.236 e. The summed E-state index contributed by atoms with van der Waals surface area (Å²) in [5.74, 6) is 1.52. The average Bonchev–Trinajstić information content (AvgIpc) is 3.30. The van der Waals surface area contributed by atoms with Gasteiger partial charge in [-0.25, -0.2) is 4.98 Å². The molecule has 0 saturated carbocycles. The molecule has 0 unspecified atom stereocenters. The summed E-state index contributed by atoms with van der Waals surface area (Å²) in [5, 5.41) is 2.00. The standard InChI is InChI=1S/C18H22N2O3S/c1-13-14(19-17(23-13)15-3-2-10-24-15)11-16(21)20-7-4-18(12-20)5-8-22-9-6-18/h2-3,10H,4-9,11-12H2,1H3. The van der Waals surface area contributed by atoms with Crippen molar-refractivity contribution in [3.05, 3.63) is 29.0 Å². The van der Waals surface area contributed by atoms with Gasteiger partial charge in [0.1, 0.15) is 5.76 Å². The van der Waals surface area contributed by atoms with E-state index in [4.69, 9.17) is 9.15 Å². The van der Waals surface area contributed by atoms with E-state index in [1.165, 1.54) is 0 Å². The lowest BCUT2D eigenvalue weighted by Gasteiger charge is -2.33. The molecule has 0 atom stereocenters. The Morgan fingerprint density at radius 2 is 2.21 bits per heavy atom. The Hall–Kier alpha value is -1.66. The van der Waals surface area contributed by atoms with Gasteiger partial charge in [0.2, 0.25) is 11.8 Å². The number of thiophene rings is 1. The summed E-state index contributed by atoms with van der Waals surface area (Å²) in [4.78, 5) is 20.3. The quantitative estimate of drug-likeness (QED) is 0.856. The van der Waals surface area contributed by atoms with Crippen molar-refractivity contribution in [2.75, 3.05) is 26.3 Å². The van der Waals surface area contributed by atoms with Crippen LogP contribution in [0.4, 0.5) is 0 Å². The zero-order valence-corrected chi connectivity index (χ0v) is 14.7. The zero-order valence-electron chi connectivity index (χ0n) is 13.9. The van der Waals surface area contributed by atoms with E-state index in [1.807, 2.05) is 29.3 Å². The molecular formula is C18H22N2O3S. The predicted molar refractivity (Wildman–Crippen MR) is 91.9 cm³/mol. The van der Waals surface area contributed by atoms with Crippen LogP contribution in [0.2, 0.25) is 0 Å². The minimum absolute atomic E-state index is 0.160. The van der Waals surface area contributed by atoms with Crippen LogP contribution in [0.25, 0.3) is 10.8 Å². The first-order valence-electron chi connectivity index (χ1n) is 8.51. The van der Waals surface area contributed by atoms with Crippen LogP contribution < -0.4 is 0 Å². The fourth-order valence-electron chi connectivity index (χ4n) is 3.71. The van der Waals surface area contributed by atoms with Gasteiger partial charge in [-0.2, -0.15) is 0 Å². The van der Waals surface area contributed by atoms with Gasteiger partial charge in [-0.3, -0.25) is 4.79 Å². The van der Waals surface area contributed by atoms with Crippen LogP contribution in [0.3, 0.4) is 0 Å². The lowest BCUT2D eigenvalue weighted by atomic mass is 9.80. The van der Waals surface area contributed by atoms with Crippen LogP contribution in [0, 0.1) is 12.3 Å². The number of aromatic nitrogens is 1. The molecule has 2 fully saturated rings. The van der Waals surface area contributed by atoms with Crippen molar-refractivity contribution in [1.82, 2.24) is 9.88 Å². The van der Waals surface area contributed by atoms with Crippen LogP contribution in [0.1, 0.15) is 30.7 Å². The number of carbonyl (C=O) groups excluding carboxylic acids is 1. The lowest BCUT2D eigenvalue weighted by Crippen LogP contribution is -2.36.